The van der Waals surface area contributed by atoms with Crippen molar-refractivity contribution >= 4 is 11.9 Å². The van der Waals surface area contributed by atoms with Crippen LogP contribution in [0.25, 0.3) is 0 Å². The lowest BCUT2D eigenvalue weighted by Crippen LogP contribution is -2.61. The summed E-state index contributed by atoms with van der Waals surface area (Å²) in [5.74, 6) is -6.88. The third kappa shape index (κ3) is 19.9. The average Bonchev–Trinajstić information content (AvgIpc) is 3.31. The smallest absolute Gasteiger partial charge is 0.311 e. The molecule has 21 nitrogen and oxygen atoms in total. The minimum atomic E-state index is -2.37. The van der Waals surface area contributed by atoms with Gasteiger partial charge in [0.15, 0.2) is 18.4 Å². The molecule has 0 aromatic rings. The second-order valence-electron chi connectivity index (χ2n) is 20.5. The van der Waals surface area contributed by atoms with E-state index in [1.165, 1.54) is 13.0 Å². The van der Waals surface area contributed by atoms with E-state index in [4.69, 9.17) is 34.2 Å². The summed E-state index contributed by atoms with van der Waals surface area (Å²) in [6, 6.07) is -1.16. The lowest BCUT2D eigenvalue weighted by molar-refractivity contribution is -0.310. The van der Waals surface area contributed by atoms with Crippen molar-refractivity contribution < 1.29 is 99.3 Å². The lowest BCUT2D eigenvalue weighted by atomic mass is 9.82. The average molecular weight is 1060 g/mol. The Labute approximate surface area is 433 Å². The van der Waals surface area contributed by atoms with Crippen molar-refractivity contribution in [2.75, 3.05) is 0 Å². The van der Waals surface area contributed by atoms with Gasteiger partial charge in [-0.1, -0.05) is 86.8 Å². The Morgan fingerprint density at radius 3 is 1.89 bits per heavy atom. The van der Waals surface area contributed by atoms with E-state index in [0.29, 0.717) is 0 Å². The minimum Gasteiger partial charge on any atom is -0.481 e. The van der Waals surface area contributed by atoms with E-state index in [0.717, 1.165) is 12.8 Å². The predicted octanol–water partition coefficient (Wildman–Crippen LogP) is 0.817. The molecule has 4 heterocycles. The van der Waals surface area contributed by atoms with Gasteiger partial charge in [-0.25, -0.2) is 0 Å². The van der Waals surface area contributed by atoms with Crippen molar-refractivity contribution in [2.45, 2.75) is 227 Å². The van der Waals surface area contributed by atoms with E-state index < -0.39 is 165 Å². The molecular weight excluding hydrogens is 971 g/mol. The van der Waals surface area contributed by atoms with E-state index in [9.17, 15) is 70.9 Å². The van der Waals surface area contributed by atoms with Crippen LogP contribution in [0.2, 0.25) is 0 Å². The van der Waals surface area contributed by atoms with Gasteiger partial charge < -0.3 is 95.4 Å². The Morgan fingerprint density at radius 1 is 0.635 bits per heavy atom. The van der Waals surface area contributed by atoms with Crippen LogP contribution in [0.1, 0.15) is 105 Å². The summed E-state index contributed by atoms with van der Waals surface area (Å²) < 4.78 is 35.8. The minimum absolute atomic E-state index is 0.0208. The fourth-order valence-electron chi connectivity index (χ4n) is 9.63. The van der Waals surface area contributed by atoms with Gasteiger partial charge >= 0.3 is 11.9 Å². The first kappa shape index (κ1) is 63.2. The molecular formula is C53H85NO20. The molecule has 0 aromatic heterocycles. The van der Waals surface area contributed by atoms with Gasteiger partial charge in [-0.05, 0) is 59.3 Å². The predicted molar refractivity (Wildman–Crippen MR) is 267 cm³/mol. The SMILES string of the molecule is CC1C=CC=CCCC=CC=CC=CC=CC(OC2OC(C)C(O)C(N)C2O)CC2OC(O)(CC(O)C(O)CCC(O)CC(O)CC(O)CC(=O)OC(C)C(C)C1OC1CC(O)C(O)C(C)O1)CC(O)C2C(=O)O. The Kier molecular flexibility index (Phi) is 26.1. The maximum absolute atomic E-state index is 13.1. The van der Waals surface area contributed by atoms with E-state index in [1.54, 1.807) is 38.2 Å². The highest BCUT2D eigenvalue weighted by atomic mass is 16.7. The van der Waals surface area contributed by atoms with E-state index in [-0.39, 0.29) is 44.4 Å². The summed E-state index contributed by atoms with van der Waals surface area (Å²) in [4.78, 5) is 25.6. The van der Waals surface area contributed by atoms with Crippen LogP contribution in [0.5, 0.6) is 0 Å². The number of carbonyl (C=O) groups excluding carboxylic acids is 1. The van der Waals surface area contributed by atoms with Crippen LogP contribution >= 0.6 is 0 Å². The molecule has 21 heteroatoms. The number of carbonyl (C=O) groups is 2. The van der Waals surface area contributed by atoms with Crippen LogP contribution < -0.4 is 5.73 Å². The molecule has 422 valence electrons. The van der Waals surface area contributed by atoms with E-state index >= 15 is 0 Å². The Morgan fingerprint density at radius 2 is 1.23 bits per heavy atom. The van der Waals surface area contributed by atoms with Gasteiger partial charge in [0.05, 0.1) is 91.8 Å². The number of fused-ring (bicyclic) bond motifs is 2. The lowest BCUT2D eigenvalue weighted by Gasteiger charge is -2.45. The first-order valence-corrected chi connectivity index (χ1v) is 25.9. The molecule has 3 fully saturated rings. The molecule has 4 aliphatic rings. The van der Waals surface area contributed by atoms with Crippen LogP contribution in [-0.2, 0) is 38.0 Å². The van der Waals surface area contributed by atoms with Gasteiger partial charge in [-0.15, -0.1) is 0 Å². The van der Waals surface area contributed by atoms with Gasteiger partial charge in [-0.2, -0.15) is 0 Å². The fourth-order valence-corrected chi connectivity index (χ4v) is 9.63. The van der Waals surface area contributed by atoms with Gasteiger partial charge in [0, 0.05) is 37.5 Å². The molecule has 14 N–H and O–H groups in total. The second kappa shape index (κ2) is 30.6. The van der Waals surface area contributed by atoms with Crippen molar-refractivity contribution in [3.63, 3.8) is 0 Å². The van der Waals surface area contributed by atoms with E-state index in [2.05, 4.69) is 0 Å². The van der Waals surface area contributed by atoms with Crippen LogP contribution in [0.4, 0.5) is 0 Å². The number of aliphatic hydroxyl groups excluding tert-OH is 10. The number of carboxylic acids is 1. The molecule has 23 unspecified atom stereocenters. The van der Waals surface area contributed by atoms with Crippen LogP contribution in [0.15, 0.2) is 72.9 Å². The summed E-state index contributed by atoms with van der Waals surface area (Å²) in [7, 11) is 0. The molecule has 23 atom stereocenters. The number of allylic oxidation sites excluding steroid dienone is 10. The molecule has 4 aliphatic heterocycles. The summed E-state index contributed by atoms with van der Waals surface area (Å²) in [5, 5.41) is 129. The second-order valence-corrected chi connectivity index (χ2v) is 20.5. The monoisotopic (exact) mass is 1060 g/mol. The highest BCUT2D eigenvalue weighted by Gasteiger charge is 2.51. The number of hydrogen-bond acceptors (Lipinski definition) is 20. The number of aliphatic carboxylic acids is 1. The van der Waals surface area contributed by atoms with Crippen LogP contribution in [0.3, 0.4) is 0 Å². The standard InChI is InChI=1S/C53H85NO20/c1-29-18-16-14-12-10-8-6-7-9-11-13-15-17-19-37(72-52-49(65)46(54)48(64)33(5)71-52)25-42-45(51(66)67)41(61)28-53(68,74-42)27-40(60)38(58)21-20-34(55)22-35(56)23-36(57)24-43(62)69-31(3)30(2)50(29)73-44-26-39(59)47(63)32(4)70-44/h6-7,9,11-19,29-42,44-50,52,55-61,63-65,68H,8,10,20-28,54H2,1-5H3,(H,66,67). The summed E-state index contributed by atoms with van der Waals surface area (Å²) in [5.41, 5.74) is 6.04. The van der Waals surface area contributed by atoms with E-state index in [1.807, 2.05) is 56.4 Å². The molecule has 4 rings (SSSR count). The van der Waals surface area contributed by atoms with Gasteiger partial charge in [0.25, 0.3) is 0 Å². The Balaban J connectivity index is 1.55. The number of ether oxygens (including phenoxy) is 6. The zero-order chi connectivity index (χ0) is 54.9. The Bertz CT molecular complexity index is 1870. The number of rotatable bonds is 5. The number of esters is 1. The number of hydrogen-bond donors (Lipinski definition) is 13. The summed E-state index contributed by atoms with van der Waals surface area (Å²) in [6.07, 6.45) is -1.63. The van der Waals surface area contributed by atoms with Crippen LogP contribution in [0, 0.1) is 17.8 Å². The van der Waals surface area contributed by atoms with Gasteiger partial charge in [0.1, 0.15) is 24.2 Å². The normalized spacial score (nSPS) is 43.9. The third-order valence-electron chi connectivity index (χ3n) is 14.2. The van der Waals surface area contributed by atoms with Gasteiger partial charge in [0.2, 0.25) is 0 Å². The molecule has 0 saturated carbocycles. The van der Waals surface area contributed by atoms with Crippen molar-refractivity contribution in [3.8, 4) is 0 Å². The van der Waals surface area contributed by atoms with Crippen LogP contribution in [-0.4, -0.2) is 195 Å². The molecule has 0 aromatic carbocycles. The maximum Gasteiger partial charge on any atom is 0.311 e. The Hall–Kier alpha value is -3.30. The molecule has 2 bridgehead atoms. The third-order valence-corrected chi connectivity index (χ3v) is 14.2. The summed E-state index contributed by atoms with van der Waals surface area (Å²) >= 11 is 0. The first-order valence-electron chi connectivity index (χ1n) is 25.9. The van der Waals surface area contributed by atoms with Crippen molar-refractivity contribution in [3.05, 3.63) is 72.9 Å². The number of nitrogens with two attached hydrogens (primary N) is 1. The highest BCUT2D eigenvalue weighted by Crippen LogP contribution is 2.38. The summed E-state index contributed by atoms with van der Waals surface area (Å²) in [6.45, 7) is 8.61. The van der Waals surface area contributed by atoms with Crippen molar-refractivity contribution in [2.24, 2.45) is 23.5 Å². The quantitative estimate of drug-likeness (QED) is 0.170. The van der Waals surface area contributed by atoms with Crippen molar-refractivity contribution in [1.29, 1.82) is 0 Å². The largest absolute Gasteiger partial charge is 0.481 e. The highest BCUT2D eigenvalue weighted by molar-refractivity contribution is 5.71. The molecule has 0 radical (unpaired) electrons. The maximum atomic E-state index is 13.1. The number of cyclic esters (lactones) is 1. The zero-order valence-electron chi connectivity index (χ0n) is 43.1. The number of carboxylic acid groups (broad SMARTS) is 1. The molecule has 0 amide bonds. The fraction of sp³-hybridized carbons (Fsp3) is 0.736. The zero-order valence-corrected chi connectivity index (χ0v) is 43.1. The molecule has 0 spiro atoms. The van der Waals surface area contributed by atoms with Crippen molar-refractivity contribution in [1.82, 2.24) is 0 Å². The first-order chi connectivity index (χ1) is 34.9. The topological polar surface area (TPSA) is 358 Å². The van der Waals surface area contributed by atoms with Gasteiger partial charge in [-0.3, -0.25) is 9.59 Å². The molecule has 3 saturated heterocycles. The molecule has 74 heavy (non-hydrogen) atoms. The number of aliphatic hydroxyl groups is 11. The molecule has 0 aliphatic carbocycles.